The van der Waals surface area contributed by atoms with Crippen LogP contribution >= 0.6 is 0 Å². The van der Waals surface area contributed by atoms with E-state index in [2.05, 4.69) is 11.2 Å². The van der Waals surface area contributed by atoms with Crippen LogP contribution in [0.15, 0.2) is 0 Å². The van der Waals surface area contributed by atoms with Crippen LogP contribution in [0.25, 0.3) is 0 Å². The molecule has 1 heterocycles. The molecule has 24 heavy (non-hydrogen) atoms. The highest BCUT2D eigenvalue weighted by atomic mass is 16.7. The van der Waals surface area contributed by atoms with E-state index >= 15 is 0 Å². The Hall–Kier alpha value is -2.15. The molecule has 0 spiro atoms. The summed E-state index contributed by atoms with van der Waals surface area (Å²) < 4.78 is 21.2. The van der Waals surface area contributed by atoms with Gasteiger partial charge in [0, 0.05) is 20.8 Å². The Morgan fingerprint density at radius 1 is 1.17 bits per heavy atom. The van der Waals surface area contributed by atoms with Gasteiger partial charge in [-0.3, -0.25) is 14.4 Å². The number of amides is 1. The molecular weight excluding hydrogens is 322 g/mol. The van der Waals surface area contributed by atoms with Gasteiger partial charge in [0.25, 0.3) is 0 Å². The molecule has 2 N–H and O–H groups in total. The molecule has 0 unspecified atom stereocenters. The van der Waals surface area contributed by atoms with Crippen molar-refractivity contribution >= 4 is 17.8 Å². The molecule has 1 rings (SSSR count). The molecule has 1 fully saturated rings. The van der Waals surface area contributed by atoms with Crippen molar-refractivity contribution in [3.05, 3.63) is 0 Å². The highest BCUT2D eigenvalue weighted by Gasteiger charge is 2.50. The summed E-state index contributed by atoms with van der Waals surface area (Å²) in [6.07, 6.45) is 0.778. The van der Waals surface area contributed by atoms with Crippen molar-refractivity contribution in [2.75, 3.05) is 13.2 Å². The van der Waals surface area contributed by atoms with Crippen molar-refractivity contribution in [2.24, 2.45) is 0 Å². The van der Waals surface area contributed by atoms with Gasteiger partial charge in [0.15, 0.2) is 18.5 Å². The van der Waals surface area contributed by atoms with Gasteiger partial charge in [0.2, 0.25) is 5.91 Å². The van der Waals surface area contributed by atoms with E-state index in [-0.39, 0.29) is 6.61 Å². The molecule has 0 aromatic carbocycles. The molecule has 9 heteroatoms. The Kier molecular flexibility index (Phi) is 7.64. The van der Waals surface area contributed by atoms with Crippen LogP contribution in [0.2, 0.25) is 0 Å². The summed E-state index contributed by atoms with van der Waals surface area (Å²) in [5.74, 6) is 0.477. The lowest BCUT2D eigenvalue weighted by molar-refractivity contribution is -0.273. The van der Waals surface area contributed by atoms with E-state index in [9.17, 15) is 19.5 Å². The first-order valence-electron chi connectivity index (χ1n) is 7.23. The topological polar surface area (TPSA) is 120 Å². The maximum atomic E-state index is 11.5. The largest absolute Gasteiger partial charge is 0.456 e. The minimum Gasteiger partial charge on any atom is -0.456 e. The number of hydrogen-bond acceptors (Lipinski definition) is 8. The minimum atomic E-state index is -1.13. The van der Waals surface area contributed by atoms with Crippen LogP contribution in [0, 0.1) is 12.3 Å². The normalized spacial score (nSPS) is 29.2. The zero-order valence-electron chi connectivity index (χ0n) is 13.7. The van der Waals surface area contributed by atoms with Crippen LogP contribution in [0.4, 0.5) is 0 Å². The number of esters is 2. The third kappa shape index (κ3) is 5.49. The molecule has 9 nitrogen and oxygen atoms in total. The Morgan fingerprint density at radius 3 is 2.21 bits per heavy atom. The zero-order valence-corrected chi connectivity index (χ0v) is 13.7. The van der Waals surface area contributed by atoms with E-state index in [1.807, 2.05) is 0 Å². The summed E-state index contributed by atoms with van der Waals surface area (Å²) in [7, 11) is 0. The number of nitrogens with one attached hydrogen (secondary N) is 1. The van der Waals surface area contributed by atoms with E-state index in [4.69, 9.17) is 25.4 Å². The Morgan fingerprint density at radius 2 is 1.75 bits per heavy atom. The van der Waals surface area contributed by atoms with Gasteiger partial charge in [-0.2, -0.15) is 0 Å². The lowest BCUT2D eigenvalue weighted by atomic mass is 9.96. The molecule has 0 aliphatic carbocycles. The van der Waals surface area contributed by atoms with Gasteiger partial charge >= 0.3 is 11.9 Å². The Balaban J connectivity index is 3.18. The smallest absolute Gasteiger partial charge is 0.303 e. The molecule has 1 amide bonds. The van der Waals surface area contributed by atoms with E-state index in [1.165, 1.54) is 6.92 Å². The number of rotatable bonds is 6. The molecule has 0 aromatic rings. The van der Waals surface area contributed by atoms with Crippen LogP contribution in [-0.4, -0.2) is 66.8 Å². The van der Waals surface area contributed by atoms with E-state index in [0.29, 0.717) is 0 Å². The van der Waals surface area contributed by atoms with Crippen LogP contribution in [0.3, 0.4) is 0 Å². The summed E-state index contributed by atoms with van der Waals surface area (Å²) in [5, 5.41) is 12.0. The highest BCUT2D eigenvalue weighted by molar-refractivity contribution is 5.73. The fourth-order valence-corrected chi connectivity index (χ4v) is 2.38. The van der Waals surface area contributed by atoms with Gasteiger partial charge in [-0.05, 0) is 0 Å². The predicted octanol–water partition coefficient (Wildman–Crippen LogP) is -1.28. The van der Waals surface area contributed by atoms with Crippen molar-refractivity contribution in [3.63, 3.8) is 0 Å². The number of carbonyl (C=O) groups is 3. The van der Waals surface area contributed by atoms with Crippen molar-refractivity contribution in [3.8, 4) is 12.3 Å². The second-order valence-corrected chi connectivity index (χ2v) is 5.12. The van der Waals surface area contributed by atoms with Crippen molar-refractivity contribution in [1.82, 2.24) is 5.32 Å². The van der Waals surface area contributed by atoms with Crippen molar-refractivity contribution in [1.29, 1.82) is 0 Å². The van der Waals surface area contributed by atoms with Crippen LogP contribution in [-0.2, 0) is 33.3 Å². The number of aliphatic hydroxyl groups excluding tert-OH is 1. The van der Waals surface area contributed by atoms with Crippen molar-refractivity contribution in [2.45, 2.75) is 51.4 Å². The predicted molar refractivity (Wildman–Crippen MR) is 79.2 cm³/mol. The summed E-state index contributed by atoms with van der Waals surface area (Å²) in [6, 6.07) is -0.980. The molecular formula is C15H21NO8. The Labute approximate surface area is 139 Å². The Bertz CT molecular complexity index is 514. The maximum absolute atomic E-state index is 11.5. The lowest BCUT2D eigenvalue weighted by Crippen LogP contribution is -2.66. The summed E-state index contributed by atoms with van der Waals surface area (Å²) >= 11 is 0. The molecule has 1 aliphatic heterocycles. The number of ether oxygens (including phenoxy) is 4. The fraction of sp³-hybridized carbons (Fsp3) is 0.667. The molecule has 0 aromatic heterocycles. The van der Waals surface area contributed by atoms with E-state index in [1.54, 1.807) is 0 Å². The summed E-state index contributed by atoms with van der Waals surface area (Å²) in [4.78, 5) is 34.3. The molecule has 134 valence electrons. The third-order valence-corrected chi connectivity index (χ3v) is 3.13. The van der Waals surface area contributed by atoms with Gasteiger partial charge in [-0.15, -0.1) is 6.42 Å². The summed E-state index contributed by atoms with van der Waals surface area (Å²) in [6.45, 7) is 2.91. The van der Waals surface area contributed by atoms with E-state index in [0.717, 1.165) is 13.8 Å². The van der Waals surface area contributed by atoms with Gasteiger partial charge in [-0.25, -0.2) is 0 Å². The minimum absolute atomic E-state index is 0.135. The summed E-state index contributed by atoms with van der Waals surface area (Å²) in [5.41, 5.74) is 0. The first-order valence-corrected chi connectivity index (χ1v) is 7.23. The molecule has 0 bridgehead atoms. The second-order valence-electron chi connectivity index (χ2n) is 5.12. The average Bonchev–Trinajstić information content (AvgIpc) is 2.48. The number of hydrogen-bond donors (Lipinski definition) is 2. The molecule has 1 saturated heterocycles. The van der Waals surface area contributed by atoms with E-state index < -0.39 is 55.1 Å². The third-order valence-electron chi connectivity index (χ3n) is 3.13. The zero-order chi connectivity index (χ0) is 18.3. The first kappa shape index (κ1) is 19.9. The first-order chi connectivity index (χ1) is 11.3. The highest BCUT2D eigenvalue weighted by Crippen LogP contribution is 2.27. The molecule has 5 atom stereocenters. The average molecular weight is 343 g/mol. The standard InChI is InChI=1S/C15H21NO8/c1-5-6-21-15-12(16-8(2)18)14(23-10(4)20)13(22-9(3)19)11(7-17)24-15/h1,11-15,17H,6-7H2,2-4H3,(H,16,18)/t11-,12-,13-,14-,15-/m1/s1. The molecule has 0 radical (unpaired) electrons. The number of aliphatic hydroxyl groups is 1. The van der Waals surface area contributed by atoms with Gasteiger partial charge in [0.05, 0.1) is 6.61 Å². The fourth-order valence-electron chi connectivity index (χ4n) is 2.38. The van der Waals surface area contributed by atoms with Crippen LogP contribution < -0.4 is 5.32 Å². The lowest BCUT2D eigenvalue weighted by Gasteiger charge is -2.44. The maximum Gasteiger partial charge on any atom is 0.303 e. The van der Waals surface area contributed by atoms with Gasteiger partial charge in [-0.1, -0.05) is 5.92 Å². The number of terminal acetylenes is 1. The van der Waals surface area contributed by atoms with Gasteiger partial charge < -0.3 is 29.4 Å². The molecule has 1 aliphatic rings. The van der Waals surface area contributed by atoms with Crippen LogP contribution in [0.1, 0.15) is 20.8 Å². The quantitative estimate of drug-likeness (QED) is 0.452. The monoisotopic (exact) mass is 343 g/mol. The van der Waals surface area contributed by atoms with Crippen LogP contribution in [0.5, 0.6) is 0 Å². The SMILES string of the molecule is C#CCO[C@@H]1O[C@H](CO)[C@@H](OC(C)=O)[C@H](OC(C)=O)[C@H]1NC(C)=O. The van der Waals surface area contributed by atoms with Crippen molar-refractivity contribution < 1.29 is 38.4 Å². The number of carbonyl (C=O) groups excluding carboxylic acids is 3. The molecule has 0 saturated carbocycles. The second kappa shape index (κ2) is 9.22. The van der Waals surface area contributed by atoms with Gasteiger partial charge in [0.1, 0.15) is 18.8 Å².